The first-order chi connectivity index (χ1) is 9.79. The van der Waals surface area contributed by atoms with Gasteiger partial charge in [-0.2, -0.15) is 0 Å². The molecule has 1 aromatic carbocycles. The van der Waals surface area contributed by atoms with E-state index in [9.17, 15) is 12.8 Å². The number of anilines is 1. The summed E-state index contributed by atoms with van der Waals surface area (Å²) in [6.07, 6.45) is 2.57. The minimum Gasteiger partial charge on any atom is -0.389 e. The molecule has 0 spiro atoms. The van der Waals surface area contributed by atoms with Crippen LogP contribution in [0.1, 0.15) is 5.56 Å². The van der Waals surface area contributed by atoms with E-state index in [4.69, 9.17) is 5.73 Å². The molecule has 0 atom stereocenters. The van der Waals surface area contributed by atoms with Crippen molar-refractivity contribution >= 4 is 49.0 Å². The molecule has 0 unspecified atom stereocenters. The highest BCUT2D eigenvalue weighted by atomic mass is 79.9. The number of nitrogens with zero attached hydrogens (tertiary/aromatic N) is 2. The van der Waals surface area contributed by atoms with Gasteiger partial charge in [-0.05, 0) is 34.1 Å². The van der Waals surface area contributed by atoms with Gasteiger partial charge < -0.3 is 5.73 Å². The second-order valence-electron chi connectivity index (χ2n) is 3.84. The number of halogens is 2. The summed E-state index contributed by atoms with van der Waals surface area (Å²) in [5, 5.41) is 0. The number of sulfonamides is 1. The number of thiocarbonyl (C=S) groups is 1. The minimum absolute atomic E-state index is 0.0272. The Bertz CT molecular complexity index is 796. The predicted octanol–water partition coefficient (Wildman–Crippen LogP) is 1.81. The summed E-state index contributed by atoms with van der Waals surface area (Å²) in [5.41, 5.74) is 5.20. The Labute approximate surface area is 133 Å². The van der Waals surface area contributed by atoms with E-state index >= 15 is 0 Å². The molecule has 0 saturated carbocycles. The summed E-state index contributed by atoms with van der Waals surface area (Å²) >= 11 is 7.75. The van der Waals surface area contributed by atoms with E-state index in [0.717, 1.165) is 18.2 Å². The zero-order valence-electron chi connectivity index (χ0n) is 10.2. The van der Waals surface area contributed by atoms with Crippen molar-refractivity contribution in [3.63, 3.8) is 0 Å². The van der Waals surface area contributed by atoms with Crippen LogP contribution in [-0.4, -0.2) is 23.4 Å². The van der Waals surface area contributed by atoms with E-state index in [1.807, 2.05) is 0 Å². The van der Waals surface area contributed by atoms with Crippen LogP contribution in [0.25, 0.3) is 0 Å². The minimum atomic E-state index is -3.95. The highest BCUT2D eigenvalue weighted by molar-refractivity contribution is 9.10. The summed E-state index contributed by atoms with van der Waals surface area (Å²) in [6.45, 7) is 0. The molecule has 2 aromatic rings. The van der Waals surface area contributed by atoms with E-state index < -0.39 is 15.8 Å². The number of hydrogen-bond acceptors (Lipinski definition) is 5. The molecule has 0 saturated heterocycles. The number of nitrogens with two attached hydrogens (primary N) is 1. The Hall–Kier alpha value is -1.65. The summed E-state index contributed by atoms with van der Waals surface area (Å²) in [5.74, 6) is -0.663. The lowest BCUT2D eigenvalue weighted by Crippen LogP contribution is -2.17. The van der Waals surface area contributed by atoms with Gasteiger partial charge in [0.2, 0.25) is 0 Å². The fraction of sp³-hybridized carbons (Fsp3) is 0. The maximum atomic E-state index is 13.5. The van der Waals surface area contributed by atoms with Gasteiger partial charge in [0.25, 0.3) is 10.0 Å². The van der Waals surface area contributed by atoms with Crippen molar-refractivity contribution in [1.82, 2.24) is 9.97 Å². The second kappa shape index (κ2) is 6.00. The molecule has 0 aliphatic carbocycles. The molecule has 10 heteroatoms. The lowest BCUT2D eigenvalue weighted by molar-refractivity contribution is 0.599. The van der Waals surface area contributed by atoms with Gasteiger partial charge in [0, 0.05) is 5.56 Å². The maximum Gasteiger partial charge on any atom is 0.263 e. The molecule has 2 rings (SSSR count). The zero-order chi connectivity index (χ0) is 15.6. The van der Waals surface area contributed by atoms with Gasteiger partial charge in [-0.1, -0.05) is 12.2 Å². The Kier molecular flexibility index (Phi) is 4.49. The van der Waals surface area contributed by atoms with Crippen molar-refractivity contribution in [1.29, 1.82) is 0 Å². The average Bonchev–Trinajstić information content (AvgIpc) is 2.41. The van der Waals surface area contributed by atoms with Crippen LogP contribution in [0.4, 0.5) is 10.2 Å². The van der Waals surface area contributed by atoms with Crippen molar-refractivity contribution in [2.24, 2.45) is 5.73 Å². The van der Waals surface area contributed by atoms with Gasteiger partial charge in [-0.15, -0.1) is 0 Å². The van der Waals surface area contributed by atoms with Crippen molar-refractivity contribution in [2.75, 3.05) is 4.72 Å². The Morgan fingerprint density at radius 3 is 2.62 bits per heavy atom. The topological polar surface area (TPSA) is 98.0 Å². The van der Waals surface area contributed by atoms with Crippen LogP contribution in [0.2, 0.25) is 0 Å². The molecular weight excluding hydrogens is 383 g/mol. The molecule has 0 aliphatic heterocycles. The number of benzene rings is 1. The highest BCUT2D eigenvalue weighted by Crippen LogP contribution is 2.18. The zero-order valence-corrected chi connectivity index (χ0v) is 13.5. The van der Waals surface area contributed by atoms with E-state index in [1.54, 1.807) is 0 Å². The van der Waals surface area contributed by atoms with Gasteiger partial charge in [-0.25, -0.2) is 22.8 Å². The Balaban J connectivity index is 2.38. The average molecular weight is 391 g/mol. The first kappa shape index (κ1) is 15.7. The number of aromatic nitrogens is 2. The van der Waals surface area contributed by atoms with Crippen molar-refractivity contribution in [3.8, 4) is 0 Å². The van der Waals surface area contributed by atoms with Crippen molar-refractivity contribution < 1.29 is 12.8 Å². The van der Waals surface area contributed by atoms with Crippen molar-refractivity contribution in [2.45, 2.75) is 4.90 Å². The fourth-order valence-electron chi connectivity index (χ4n) is 1.42. The highest BCUT2D eigenvalue weighted by Gasteiger charge is 2.18. The van der Waals surface area contributed by atoms with Gasteiger partial charge >= 0.3 is 0 Å². The third-order valence-electron chi connectivity index (χ3n) is 2.37. The smallest absolute Gasteiger partial charge is 0.263 e. The molecule has 0 bridgehead atoms. The van der Waals surface area contributed by atoms with E-state index in [0.29, 0.717) is 4.60 Å². The molecule has 0 fully saturated rings. The summed E-state index contributed by atoms with van der Waals surface area (Å²) in [4.78, 5) is 7.27. The third kappa shape index (κ3) is 3.71. The van der Waals surface area contributed by atoms with E-state index in [-0.39, 0.29) is 21.3 Å². The van der Waals surface area contributed by atoms with Gasteiger partial charge in [0.05, 0.1) is 17.3 Å². The third-order valence-corrected chi connectivity index (χ3v) is 4.35. The molecule has 1 aromatic heterocycles. The summed E-state index contributed by atoms with van der Waals surface area (Å²) < 4.78 is 40.5. The molecule has 3 N–H and O–H groups in total. The van der Waals surface area contributed by atoms with E-state index in [1.165, 1.54) is 12.4 Å². The van der Waals surface area contributed by atoms with Crippen LogP contribution in [0.15, 0.2) is 40.1 Å². The normalized spacial score (nSPS) is 11.1. The predicted molar refractivity (Wildman–Crippen MR) is 82.8 cm³/mol. The fourth-order valence-corrected chi connectivity index (χ4v) is 2.80. The molecule has 0 radical (unpaired) electrons. The lowest BCUT2D eigenvalue weighted by atomic mass is 10.2. The molecule has 6 nitrogen and oxygen atoms in total. The standard InChI is InChI=1S/C11H8BrFN4O2S2/c12-9-4-16-10(5-15-9)17-21(18,19)6-1-2-8(13)7(3-6)11(14)20/h1-5H,(H2,14,20)(H,16,17). The van der Waals surface area contributed by atoms with Gasteiger partial charge in [0.1, 0.15) is 15.4 Å². The van der Waals surface area contributed by atoms with Crippen LogP contribution >= 0.6 is 28.1 Å². The van der Waals surface area contributed by atoms with Crippen LogP contribution in [0.5, 0.6) is 0 Å². The molecule has 0 amide bonds. The molecule has 110 valence electrons. The number of nitrogens with one attached hydrogen (secondary N) is 1. The largest absolute Gasteiger partial charge is 0.389 e. The monoisotopic (exact) mass is 390 g/mol. The Morgan fingerprint density at radius 1 is 1.33 bits per heavy atom. The maximum absolute atomic E-state index is 13.5. The van der Waals surface area contributed by atoms with Crippen LogP contribution < -0.4 is 10.5 Å². The summed E-state index contributed by atoms with van der Waals surface area (Å²) in [6, 6.07) is 3.15. The van der Waals surface area contributed by atoms with Crippen LogP contribution in [0, 0.1) is 5.82 Å². The number of hydrogen-bond donors (Lipinski definition) is 2. The Morgan fingerprint density at radius 2 is 2.05 bits per heavy atom. The first-order valence-corrected chi connectivity index (χ1v) is 8.08. The van der Waals surface area contributed by atoms with Crippen LogP contribution in [-0.2, 0) is 10.0 Å². The van der Waals surface area contributed by atoms with Crippen LogP contribution in [0.3, 0.4) is 0 Å². The molecule has 0 aliphatic rings. The molecular formula is C11H8BrFN4O2S2. The molecule has 21 heavy (non-hydrogen) atoms. The van der Waals surface area contributed by atoms with Gasteiger partial charge in [0.15, 0.2) is 5.82 Å². The van der Waals surface area contributed by atoms with E-state index in [2.05, 4.69) is 42.8 Å². The van der Waals surface area contributed by atoms with Gasteiger partial charge in [-0.3, -0.25) is 4.72 Å². The number of rotatable bonds is 4. The second-order valence-corrected chi connectivity index (χ2v) is 6.77. The van der Waals surface area contributed by atoms with Crippen molar-refractivity contribution in [3.05, 3.63) is 46.6 Å². The molecule has 1 heterocycles. The lowest BCUT2D eigenvalue weighted by Gasteiger charge is -2.09. The first-order valence-electron chi connectivity index (χ1n) is 5.39. The summed E-state index contributed by atoms with van der Waals surface area (Å²) in [7, 11) is -3.95. The SMILES string of the molecule is NC(=S)c1cc(S(=O)(=O)Nc2cnc(Br)cn2)ccc1F. The quantitative estimate of drug-likeness (QED) is 0.772.